The number of aromatic amines is 1. The van der Waals surface area contributed by atoms with Gasteiger partial charge in [-0.1, -0.05) is 30.3 Å². The van der Waals surface area contributed by atoms with Crippen molar-refractivity contribution in [3.8, 4) is 0 Å². The normalized spacial score (nSPS) is 10.5. The number of nitrogens with one attached hydrogen (secondary N) is 2. The van der Waals surface area contributed by atoms with E-state index in [1.54, 1.807) is 6.33 Å². The summed E-state index contributed by atoms with van der Waals surface area (Å²) in [6.45, 7) is 1.36. The van der Waals surface area contributed by atoms with Gasteiger partial charge in [-0.25, -0.2) is 10.5 Å². The van der Waals surface area contributed by atoms with Crippen LogP contribution in [0.1, 0.15) is 11.3 Å². The van der Waals surface area contributed by atoms with Gasteiger partial charge in [-0.15, -0.1) is 0 Å². The van der Waals surface area contributed by atoms with Crippen molar-refractivity contribution in [1.29, 1.82) is 0 Å². The third kappa shape index (κ3) is 3.49. The summed E-state index contributed by atoms with van der Waals surface area (Å²) in [6, 6.07) is 10.1. The summed E-state index contributed by atoms with van der Waals surface area (Å²) >= 11 is 0. The molecule has 0 aliphatic heterocycles. The molecule has 0 amide bonds. The first kappa shape index (κ1) is 10.9. The van der Waals surface area contributed by atoms with Crippen LogP contribution in [0.3, 0.4) is 0 Å². The fraction of sp³-hybridized carbons (Fsp3) is 0.250. The Morgan fingerprint density at radius 1 is 1.25 bits per heavy atom. The topological polar surface area (TPSA) is 49.9 Å². The second-order valence-corrected chi connectivity index (χ2v) is 3.50. The molecule has 4 nitrogen and oxygen atoms in total. The van der Waals surface area contributed by atoms with Crippen molar-refractivity contribution in [1.82, 2.24) is 15.4 Å². The molecule has 0 saturated heterocycles. The number of hydroxylamine groups is 1. The predicted molar refractivity (Wildman–Crippen MR) is 61.5 cm³/mol. The Kier molecular flexibility index (Phi) is 4.10. The molecule has 1 heterocycles. The summed E-state index contributed by atoms with van der Waals surface area (Å²) in [6.07, 6.45) is 4.38. The van der Waals surface area contributed by atoms with Crippen LogP contribution in [-0.2, 0) is 17.9 Å². The van der Waals surface area contributed by atoms with Crippen molar-refractivity contribution in [2.24, 2.45) is 0 Å². The van der Waals surface area contributed by atoms with Crippen LogP contribution in [-0.4, -0.2) is 16.5 Å². The van der Waals surface area contributed by atoms with Crippen LogP contribution in [0.5, 0.6) is 0 Å². The van der Waals surface area contributed by atoms with Crippen LogP contribution in [0, 0.1) is 0 Å². The van der Waals surface area contributed by atoms with E-state index in [1.165, 1.54) is 0 Å². The van der Waals surface area contributed by atoms with Gasteiger partial charge in [0.15, 0.2) is 0 Å². The Balaban J connectivity index is 1.59. The van der Waals surface area contributed by atoms with Gasteiger partial charge in [0.2, 0.25) is 0 Å². The minimum Gasteiger partial charge on any atom is -0.348 e. The number of H-pyrrole nitrogens is 1. The maximum Gasteiger partial charge on any atom is 0.0933 e. The first-order valence-corrected chi connectivity index (χ1v) is 5.31. The van der Waals surface area contributed by atoms with Gasteiger partial charge >= 0.3 is 0 Å². The average molecular weight is 217 g/mol. The monoisotopic (exact) mass is 217 g/mol. The van der Waals surface area contributed by atoms with Crippen LogP contribution in [0.2, 0.25) is 0 Å². The van der Waals surface area contributed by atoms with Gasteiger partial charge < -0.3 is 4.98 Å². The van der Waals surface area contributed by atoms with Crippen LogP contribution in [0.15, 0.2) is 42.9 Å². The highest BCUT2D eigenvalue weighted by atomic mass is 16.6. The third-order valence-corrected chi connectivity index (χ3v) is 2.23. The highest BCUT2D eigenvalue weighted by Gasteiger charge is 1.94. The number of aromatic nitrogens is 2. The second kappa shape index (κ2) is 6.05. The zero-order chi connectivity index (χ0) is 11.1. The molecule has 16 heavy (non-hydrogen) atoms. The Morgan fingerprint density at radius 2 is 2.12 bits per heavy atom. The highest BCUT2D eigenvalue weighted by molar-refractivity contribution is 5.13. The quantitative estimate of drug-likeness (QED) is 0.571. The van der Waals surface area contributed by atoms with Gasteiger partial charge in [0.25, 0.3) is 0 Å². The van der Waals surface area contributed by atoms with Crippen LogP contribution < -0.4 is 5.48 Å². The smallest absolute Gasteiger partial charge is 0.0933 e. The largest absolute Gasteiger partial charge is 0.348 e. The summed E-state index contributed by atoms with van der Waals surface area (Å²) in [5, 5.41) is 0. The van der Waals surface area contributed by atoms with E-state index in [2.05, 4.69) is 15.4 Å². The lowest BCUT2D eigenvalue weighted by molar-refractivity contribution is 0.0287. The van der Waals surface area contributed by atoms with Gasteiger partial charge in [-0.3, -0.25) is 4.84 Å². The minimum atomic E-state index is 0.587. The van der Waals surface area contributed by atoms with E-state index < -0.39 is 0 Å². The zero-order valence-electron chi connectivity index (χ0n) is 9.02. The van der Waals surface area contributed by atoms with E-state index in [1.807, 2.05) is 36.5 Å². The number of nitrogens with zero attached hydrogens (tertiary/aromatic N) is 1. The lowest BCUT2D eigenvalue weighted by Crippen LogP contribution is -2.17. The Bertz CT molecular complexity index is 386. The molecule has 0 spiro atoms. The standard InChI is InChI=1S/C12H15N3O/c1-2-4-11(5-3-1)9-16-15-7-6-12-8-13-10-14-12/h1-5,8,10,15H,6-7,9H2,(H,13,14). The molecule has 0 saturated carbocycles. The van der Waals surface area contributed by atoms with Gasteiger partial charge in [0.1, 0.15) is 0 Å². The molecule has 2 aromatic rings. The lowest BCUT2D eigenvalue weighted by Gasteiger charge is -2.04. The van der Waals surface area contributed by atoms with Crippen molar-refractivity contribution in [2.75, 3.05) is 6.54 Å². The zero-order valence-corrected chi connectivity index (χ0v) is 9.02. The molecule has 84 valence electrons. The summed E-state index contributed by atoms with van der Waals surface area (Å²) in [5.41, 5.74) is 5.20. The number of rotatable bonds is 6. The van der Waals surface area contributed by atoms with Gasteiger partial charge in [-0.2, -0.15) is 0 Å². The first-order valence-electron chi connectivity index (χ1n) is 5.31. The molecule has 0 atom stereocenters. The van der Waals surface area contributed by atoms with E-state index in [9.17, 15) is 0 Å². The molecule has 0 bridgehead atoms. The highest BCUT2D eigenvalue weighted by Crippen LogP contribution is 1.99. The lowest BCUT2D eigenvalue weighted by atomic mass is 10.2. The third-order valence-electron chi connectivity index (χ3n) is 2.23. The van der Waals surface area contributed by atoms with Crippen LogP contribution in [0.4, 0.5) is 0 Å². The average Bonchev–Trinajstić information content (AvgIpc) is 2.83. The number of imidazole rings is 1. The van der Waals surface area contributed by atoms with E-state index in [0.717, 1.165) is 24.2 Å². The van der Waals surface area contributed by atoms with Gasteiger partial charge in [0, 0.05) is 24.9 Å². The summed E-state index contributed by atoms with van der Waals surface area (Å²) in [5.74, 6) is 0. The molecule has 4 heteroatoms. The first-order chi connectivity index (χ1) is 7.95. The molecular formula is C12H15N3O. The molecule has 2 N–H and O–H groups in total. The fourth-order valence-electron chi connectivity index (χ4n) is 1.39. The second-order valence-electron chi connectivity index (χ2n) is 3.50. The molecule has 0 radical (unpaired) electrons. The van der Waals surface area contributed by atoms with Crippen molar-refractivity contribution < 1.29 is 4.84 Å². The molecular weight excluding hydrogens is 202 g/mol. The molecule has 0 aliphatic rings. The van der Waals surface area contributed by atoms with Crippen molar-refractivity contribution in [3.05, 3.63) is 54.1 Å². The van der Waals surface area contributed by atoms with Crippen LogP contribution in [0.25, 0.3) is 0 Å². The molecule has 0 fully saturated rings. The van der Waals surface area contributed by atoms with Crippen molar-refractivity contribution in [3.63, 3.8) is 0 Å². The maximum atomic E-state index is 5.33. The molecule has 0 aliphatic carbocycles. The van der Waals surface area contributed by atoms with E-state index >= 15 is 0 Å². The van der Waals surface area contributed by atoms with Crippen molar-refractivity contribution in [2.45, 2.75) is 13.0 Å². The molecule has 1 aromatic heterocycles. The Hall–Kier alpha value is -1.65. The van der Waals surface area contributed by atoms with Crippen molar-refractivity contribution >= 4 is 0 Å². The SMILES string of the molecule is c1ccc(CONCCc2cnc[nH]2)cc1. The Morgan fingerprint density at radius 3 is 2.88 bits per heavy atom. The fourth-order valence-corrected chi connectivity index (χ4v) is 1.39. The summed E-state index contributed by atoms with van der Waals surface area (Å²) in [7, 11) is 0. The molecule has 1 aromatic carbocycles. The number of hydrogen-bond acceptors (Lipinski definition) is 3. The number of benzene rings is 1. The van der Waals surface area contributed by atoms with Crippen LogP contribution >= 0.6 is 0 Å². The minimum absolute atomic E-state index is 0.587. The predicted octanol–water partition coefficient (Wildman–Crippen LogP) is 1.67. The maximum absolute atomic E-state index is 5.33. The molecule has 0 unspecified atom stereocenters. The Labute approximate surface area is 94.6 Å². The van der Waals surface area contributed by atoms with Gasteiger partial charge in [-0.05, 0) is 5.56 Å². The van der Waals surface area contributed by atoms with Gasteiger partial charge in [0.05, 0.1) is 12.9 Å². The summed E-state index contributed by atoms with van der Waals surface area (Å²) < 4.78 is 0. The molecule has 2 rings (SSSR count). The van der Waals surface area contributed by atoms with E-state index in [0.29, 0.717) is 6.61 Å². The summed E-state index contributed by atoms with van der Waals surface area (Å²) in [4.78, 5) is 12.3. The number of hydrogen-bond donors (Lipinski definition) is 2. The van der Waals surface area contributed by atoms with E-state index in [-0.39, 0.29) is 0 Å². The van der Waals surface area contributed by atoms with E-state index in [4.69, 9.17) is 4.84 Å².